The van der Waals surface area contributed by atoms with Crippen LogP contribution in [0.5, 0.6) is 0 Å². The normalized spacial score (nSPS) is 18.7. The molecule has 1 N–H and O–H groups in total. The van der Waals surface area contributed by atoms with Crippen molar-refractivity contribution in [1.29, 1.82) is 0 Å². The first kappa shape index (κ1) is 11.8. The van der Waals surface area contributed by atoms with Crippen molar-refractivity contribution in [1.82, 2.24) is 25.1 Å². The van der Waals surface area contributed by atoms with Gasteiger partial charge in [0.05, 0.1) is 0 Å². The summed E-state index contributed by atoms with van der Waals surface area (Å²) in [5.41, 5.74) is 3.09. The van der Waals surface area contributed by atoms with Crippen molar-refractivity contribution >= 4 is 29.0 Å². The van der Waals surface area contributed by atoms with Gasteiger partial charge in [0.1, 0.15) is 0 Å². The third-order valence-electron chi connectivity index (χ3n) is 2.39. The SMILES string of the molecule is CN1CCN(Nc2nc(Cl)nnc2Cl)CC1. The van der Waals surface area contributed by atoms with Crippen molar-refractivity contribution in [3.63, 3.8) is 0 Å². The molecule has 1 fully saturated rings. The van der Waals surface area contributed by atoms with Crippen molar-refractivity contribution in [2.75, 3.05) is 38.7 Å². The minimum Gasteiger partial charge on any atom is -0.304 e. The number of hydrazine groups is 1. The van der Waals surface area contributed by atoms with Gasteiger partial charge in [-0.05, 0) is 18.6 Å². The van der Waals surface area contributed by atoms with Gasteiger partial charge in [0.2, 0.25) is 5.28 Å². The van der Waals surface area contributed by atoms with E-state index in [1.54, 1.807) is 0 Å². The predicted molar refractivity (Wildman–Crippen MR) is 62.5 cm³/mol. The standard InChI is InChI=1S/C8H12Cl2N6/c1-15-2-4-16(5-3-15)14-7-6(9)12-13-8(10)11-7/h2-5H2,1H3,(H,11,13,14). The Balaban J connectivity index is 2.00. The number of nitrogens with one attached hydrogen (secondary N) is 1. The lowest BCUT2D eigenvalue weighted by molar-refractivity contribution is 0.178. The van der Waals surface area contributed by atoms with E-state index in [-0.39, 0.29) is 10.4 Å². The lowest BCUT2D eigenvalue weighted by Gasteiger charge is -2.32. The number of piperazine rings is 1. The van der Waals surface area contributed by atoms with Crippen LogP contribution in [-0.2, 0) is 0 Å². The van der Waals surface area contributed by atoms with Crippen molar-refractivity contribution in [3.05, 3.63) is 10.4 Å². The summed E-state index contributed by atoms with van der Waals surface area (Å²) in [7, 11) is 2.09. The van der Waals surface area contributed by atoms with Crippen LogP contribution in [0.15, 0.2) is 0 Å². The van der Waals surface area contributed by atoms with Crippen molar-refractivity contribution < 1.29 is 0 Å². The largest absolute Gasteiger partial charge is 0.304 e. The van der Waals surface area contributed by atoms with Gasteiger partial charge in [0.25, 0.3) is 0 Å². The zero-order valence-electron chi connectivity index (χ0n) is 8.82. The maximum absolute atomic E-state index is 5.85. The third kappa shape index (κ3) is 2.91. The first-order valence-electron chi connectivity index (χ1n) is 4.91. The van der Waals surface area contributed by atoms with E-state index in [4.69, 9.17) is 23.2 Å². The number of anilines is 1. The Kier molecular flexibility index (Phi) is 3.75. The summed E-state index contributed by atoms with van der Waals surface area (Å²) in [5.74, 6) is 0.450. The molecule has 8 heteroatoms. The van der Waals surface area contributed by atoms with Crippen LogP contribution in [0.3, 0.4) is 0 Å². The van der Waals surface area contributed by atoms with Gasteiger partial charge in [-0.2, -0.15) is 4.98 Å². The minimum absolute atomic E-state index is 0.0843. The Morgan fingerprint density at radius 1 is 1.12 bits per heavy atom. The van der Waals surface area contributed by atoms with E-state index in [2.05, 4.69) is 32.6 Å². The van der Waals surface area contributed by atoms with Gasteiger partial charge in [0.15, 0.2) is 11.0 Å². The van der Waals surface area contributed by atoms with Gasteiger partial charge in [0, 0.05) is 26.2 Å². The predicted octanol–water partition coefficient (Wildman–Crippen LogP) is 0.753. The minimum atomic E-state index is 0.0843. The van der Waals surface area contributed by atoms with Crippen LogP contribution in [-0.4, -0.2) is 58.3 Å². The second-order valence-corrected chi connectivity index (χ2v) is 4.32. The summed E-state index contributed by atoms with van der Waals surface area (Å²) < 4.78 is 0. The first-order valence-corrected chi connectivity index (χ1v) is 5.66. The van der Waals surface area contributed by atoms with Crippen molar-refractivity contribution in [2.24, 2.45) is 0 Å². The monoisotopic (exact) mass is 262 g/mol. The van der Waals surface area contributed by atoms with E-state index in [0.717, 1.165) is 26.2 Å². The number of hydrogen-bond acceptors (Lipinski definition) is 6. The smallest absolute Gasteiger partial charge is 0.245 e. The van der Waals surface area contributed by atoms with Crippen LogP contribution in [0.4, 0.5) is 5.82 Å². The Bertz CT molecular complexity index is 366. The Labute approximate surface area is 104 Å². The van der Waals surface area contributed by atoms with E-state index in [1.807, 2.05) is 5.01 Å². The highest BCUT2D eigenvalue weighted by Crippen LogP contribution is 2.17. The zero-order valence-corrected chi connectivity index (χ0v) is 10.3. The molecule has 1 saturated heterocycles. The molecule has 0 amide bonds. The number of aromatic nitrogens is 3. The second kappa shape index (κ2) is 5.09. The van der Waals surface area contributed by atoms with E-state index in [1.165, 1.54) is 0 Å². The Hall–Kier alpha value is -0.690. The maximum atomic E-state index is 5.85. The number of rotatable bonds is 2. The number of hydrogen-bond donors (Lipinski definition) is 1. The molecule has 0 unspecified atom stereocenters. The van der Waals surface area contributed by atoms with Crippen LogP contribution >= 0.6 is 23.2 Å². The average Bonchev–Trinajstić information content (AvgIpc) is 2.27. The van der Waals surface area contributed by atoms with Gasteiger partial charge in [-0.1, -0.05) is 11.6 Å². The fourth-order valence-electron chi connectivity index (χ4n) is 1.43. The highest BCUT2D eigenvalue weighted by molar-refractivity contribution is 6.32. The Morgan fingerprint density at radius 3 is 2.50 bits per heavy atom. The molecule has 0 radical (unpaired) electrons. The van der Waals surface area contributed by atoms with Crippen molar-refractivity contribution in [3.8, 4) is 0 Å². The molecule has 6 nitrogen and oxygen atoms in total. The number of halogens is 2. The molecule has 1 aliphatic heterocycles. The van der Waals surface area contributed by atoms with Crippen molar-refractivity contribution in [2.45, 2.75) is 0 Å². The van der Waals surface area contributed by atoms with Crippen LogP contribution in [0.1, 0.15) is 0 Å². The molecule has 0 atom stereocenters. The lowest BCUT2D eigenvalue weighted by Crippen LogP contribution is -2.47. The Morgan fingerprint density at radius 2 is 1.81 bits per heavy atom. The summed E-state index contributed by atoms with van der Waals surface area (Å²) in [6.45, 7) is 3.79. The van der Waals surface area contributed by atoms with E-state index in [9.17, 15) is 0 Å². The fraction of sp³-hybridized carbons (Fsp3) is 0.625. The van der Waals surface area contributed by atoms with Crippen LogP contribution in [0, 0.1) is 0 Å². The molecule has 1 aliphatic rings. The first-order chi connectivity index (χ1) is 7.65. The quantitative estimate of drug-likeness (QED) is 0.849. The lowest BCUT2D eigenvalue weighted by atomic mass is 10.4. The fourth-order valence-corrected chi connectivity index (χ4v) is 1.68. The topological polar surface area (TPSA) is 57.2 Å². The molecule has 1 aromatic heterocycles. The van der Waals surface area contributed by atoms with E-state index in [0.29, 0.717) is 5.82 Å². The van der Waals surface area contributed by atoms with Gasteiger partial charge in [-0.3, -0.25) is 0 Å². The molecule has 88 valence electrons. The summed E-state index contributed by atoms with van der Waals surface area (Å²) in [6.07, 6.45) is 0. The summed E-state index contributed by atoms with van der Waals surface area (Å²) in [4.78, 5) is 6.23. The summed E-state index contributed by atoms with van der Waals surface area (Å²) >= 11 is 11.5. The molecule has 0 bridgehead atoms. The highest BCUT2D eigenvalue weighted by atomic mass is 35.5. The third-order valence-corrected chi connectivity index (χ3v) is 2.80. The number of nitrogens with zero attached hydrogens (tertiary/aromatic N) is 5. The molecular weight excluding hydrogens is 251 g/mol. The average molecular weight is 263 g/mol. The molecule has 1 aromatic rings. The molecule has 2 heterocycles. The zero-order chi connectivity index (χ0) is 11.5. The van der Waals surface area contributed by atoms with E-state index < -0.39 is 0 Å². The molecule has 0 aromatic carbocycles. The molecule has 2 rings (SSSR count). The van der Waals surface area contributed by atoms with Gasteiger partial charge in [-0.25, -0.2) is 5.01 Å². The van der Waals surface area contributed by atoms with Crippen LogP contribution in [0.2, 0.25) is 10.4 Å². The van der Waals surface area contributed by atoms with Crippen LogP contribution < -0.4 is 5.43 Å². The molecular formula is C8H12Cl2N6. The maximum Gasteiger partial charge on any atom is 0.245 e. The summed E-state index contributed by atoms with van der Waals surface area (Å²) in [6, 6.07) is 0. The van der Waals surface area contributed by atoms with Gasteiger partial charge < -0.3 is 10.3 Å². The molecule has 0 spiro atoms. The second-order valence-electron chi connectivity index (χ2n) is 3.62. The van der Waals surface area contributed by atoms with E-state index >= 15 is 0 Å². The van der Waals surface area contributed by atoms with Gasteiger partial charge in [-0.15, -0.1) is 10.2 Å². The number of likely N-dealkylation sites (N-methyl/N-ethyl adjacent to an activating group) is 1. The highest BCUT2D eigenvalue weighted by Gasteiger charge is 2.15. The van der Waals surface area contributed by atoms with Crippen LogP contribution in [0.25, 0.3) is 0 Å². The molecule has 0 aliphatic carbocycles. The molecule has 16 heavy (non-hydrogen) atoms. The molecule has 0 saturated carbocycles. The summed E-state index contributed by atoms with van der Waals surface area (Å²) in [5, 5.41) is 9.57. The van der Waals surface area contributed by atoms with Gasteiger partial charge >= 0.3 is 0 Å².